The predicted molar refractivity (Wildman–Crippen MR) is 86.7 cm³/mol. The first-order chi connectivity index (χ1) is 10.2. The highest BCUT2D eigenvalue weighted by Crippen LogP contribution is 2.11. The maximum atomic E-state index is 12.2. The number of nitrogens with one attached hydrogen (secondary N) is 1. The molecule has 1 amide bonds. The van der Waals surface area contributed by atoms with E-state index in [9.17, 15) is 4.79 Å². The molecule has 0 bridgehead atoms. The van der Waals surface area contributed by atoms with Gasteiger partial charge in [0.05, 0.1) is 0 Å². The van der Waals surface area contributed by atoms with Gasteiger partial charge < -0.3 is 11.1 Å². The van der Waals surface area contributed by atoms with Gasteiger partial charge in [0.25, 0.3) is 5.91 Å². The highest BCUT2D eigenvalue weighted by atomic mass is 35.5. The van der Waals surface area contributed by atoms with Crippen LogP contribution in [0.2, 0.25) is 5.02 Å². The van der Waals surface area contributed by atoms with Crippen LogP contribution in [0.5, 0.6) is 0 Å². The lowest BCUT2D eigenvalue weighted by atomic mass is 10.0. The average molecular weight is 303 g/mol. The van der Waals surface area contributed by atoms with Gasteiger partial charge in [0.1, 0.15) is 0 Å². The fourth-order valence-corrected chi connectivity index (χ4v) is 2.31. The number of halogens is 1. The lowest BCUT2D eigenvalue weighted by Gasteiger charge is -2.09. The summed E-state index contributed by atoms with van der Waals surface area (Å²) < 4.78 is 0. The molecule has 0 fully saturated rings. The number of carbonyl (C=O) groups excluding carboxylic acids is 1. The van der Waals surface area contributed by atoms with Crippen molar-refractivity contribution in [2.24, 2.45) is 5.73 Å². The lowest BCUT2D eigenvalue weighted by Crippen LogP contribution is -2.27. The van der Waals surface area contributed by atoms with Crippen LogP contribution in [0.3, 0.4) is 0 Å². The summed E-state index contributed by atoms with van der Waals surface area (Å²) in [6, 6.07) is 15.2. The van der Waals surface area contributed by atoms with Crippen molar-refractivity contribution in [3.05, 3.63) is 70.2 Å². The minimum atomic E-state index is -0.0481. The van der Waals surface area contributed by atoms with Crippen LogP contribution in [-0.2, 0) is 12.8 Å². The molecule has 0 radical (unpaired) electrons. The number of amides is 1. The Morgan fingerprint density at radius 3 is 2.48 bits per heavy atom. The average Bonchev–Trinajstić information content (AvgIpc) is 2.50. The van der Waals surface area contributed by atoms with E-state index in [1.165, 1.54) is 0 Å². The first-order valence-electron chi connectivity index (χ1n) is 7.01. The van der Waals surface area contributed by atoms with Crippen molar-refractivity contribution >= 4 is 17.5 Å². The third-order valence-corrected chi connectivity index (χ3v) is 3.54. The summed E-state index contributed by atoms with van der Waals surface area (Å²) >= 11 is 5.84. The Hall–Kier alpha value is -1.84. The Bertz CT molecular complexity index is 596. The van der Waals surface area contributed by atoms with E-state index in [0.717, 1.165) is 22.6 Å². The summed E-state index contributed by atoms with van der Waals surface area (Å²) in [4.78, 5) is 12.2. The van der Waals surface area contributed by atoms with Gasteiger partial charge in [0.2, 0.25) is 0 Å². The van der Waals surface area contributed by atoms with Crippen LogP contribution in [0.1, 0.15) is 21.5 Å². The van der Waals surface area contributed by atoms with Crippen LogP contribution >= 0.6 is 11.6 Å². The second-order valence-corrected chi connectivity index (χ2v) is 5.26. The largest absolute Gasteiger partial charge is 0.352 e. The van der Waals surface area contributed by atoms with Gasteiger partial charge in [-0.1, -0.05) is 41.9 Å². The minimum Gasteiger partial charge on any atom is -0.352 e. The van der Waals surface area contributed by atoms with Gasteiger partial charge in [-0.25, -0.2) is 0 Å². The molecular formula is C17H19ClN2O. The van der Waals surface area contributed by atoms with E-state index in [-0.39, 0.29) is 5.91 Å². The van der Waals surface area contributed by atoms with Crippen LogP contribution in [0.4, 0.5) is 0 Å². The van der Waals surface area contributed by atoms with Gasteiger partial charge in [-0.3, -0.25) is 4.79 Å². The van der Waals surface area contributed by atoms with Crippen molar-refractivity contribution in [1.82, 2.24) is 5.32 Å². The zero-order valence-electron chi connectivity index (χ0n) is 11.8. The van der Waals surface area contributed by atoms with Gasteiger partial charge in [-0.15, -0.1) is 0 Å². The first kappa shape index (κ1) is 15.5. The van der Waals surface area contributed by atoms with E-state index in [2.05, 4.69) is 5.32 Å². The van der Waals surface area contributed by atoms with Gasteiger partial charge in [0, 0.05) is 17.1 Å². The van der Waals surface area contributed by atoms with Crippen molar-refractivity contribution in [1.29, 1.82) is 0 Å². The molecule has 3 N–H and O–H groups in total. The molecule has 0 aliphatic rings. The topological polar surface area (TPSA) is 55.1 Å². The van der Waals surface area contributed by atoms with E-state index < -0.39 is 0 Å². The van der Waals surface area contributed by atoms with E-state index in [4.69, 9.17) is 17.3 Å². The van der Waals surface area contributed by atoms with E-state index in [1.807, 2.05) is 48.5 Å². The highest BCUT2D eigenvalue weighted by molar-refractivity contribution is 6.30. The van der Waals surface area contributed by atoms with Crippen molar-refractivity contribution < 1.29 is 4.79 Å². The molecule has 0 atom stereocenters. The molecule has 2 aromatic carbocycles. The number of hydrogen-bond acceptors (Lipinski definition) is 2. The summed E-state index contributed by atoms with van der Waals surface area (Å²) in [7, 11) is 0. The number of benzene rings is 2. The molecule has 0 aromatic heterocycles. The van der Waals surface area contributed by atoms with E-state index in [0.29, 0.717) is 25.1 Å². The summed E-state index contributed by atoms with van der Waals surface area (Å²) in [6.45, 7) is 1.13. The molecule has 3 nitrogen and oxygen atoms in total. The SMILES string of the molecule is NCCc1ccccc1C(=O)NCCc1ccc(Cl)cc1. The Labute approximate surface area is 130 Å². The number of rotatable bonds is 6. The number of nitrogens with two attached hydrogens (primary N) is 1. The van der Waals surface area contributed by atoms with Crippen LogP contribution in [0, 0.1) is 0 Å². The molecule has 0 spiro atoms. The molecule has 4 heteroatoms. The molecule has 0 aliphatic carbocycles. The fourth-order valence-electron chi connectivity index (χ4n) is 2.18. The lowest BCUT2D eigenvalue weighted by molar-refractivity contribution is 0.0953. The normalized spacial score (nSPS) is 10.4. The maximum Gasteiger partial charge on any atom is 0.251 e. The standard InChI is InChI=1S/C17H19ClN2O/c18-15-7-5-13(6-8-15)10-12-20-17(21)16-4-2-1-3-14(16)9-11-19/h1-8H,9-12,19H2,(H,20,21). The molecule has 110 valence electrons. The summed E-state index contributed by atoms with van der Waals surface area (Å²) in [5.74, 6) is -0.0481. The molecule has 21 heavy (non-hydrogen) atoms. The van der Waals surface area contributed by atoms with Crippen molar-refractivity contribution in [2.45, 2.75) is 12.8 Å². The third-order valence-electron chi connectivity index (χ3n) is 3.29. The number of carbonyl (C=O) groups is 1. The molecule has 0 saturated carbocycles. The van der Waals surface area contributed by atoms with Gasteiger partial charge in [-0.05, 0) is 48.7 Å². The fraction of sp³-hybridized carbons (Fsp3) is 0.235. The maximum absolute atomic E-state index is 12.2. The molecule has 2 aromatic rings. The van der Waals surface area contributed by atoms with Gasteiger partial charge in [-0.2, -0.15) is 0 Å². The van der Waals surface area contributed by atoms with Crippen LogP contribution in [-0.4, -0.2) is 19.0 Å². The summed E-state index contributed by atoms with van der Waals surface area (Å²) in [5.41, 5.74) is 8.42. The first-order valence-corrected chi connectivity index (χ1v) is 7.39. The van der Waals surface area contributed by atoms with E-state index in [1.54, 1.807) is 0 Å². The van der Waals surface area contributed by atoms with Crippen LogP contribution in [0.15, 0.2) is 48.5 Å². The molecular weight excluding hydrogens is 284 g/mol. The second-order valence-electron chi connectivity index (χ2n) is 4.83. The molecule has 0 heterocycles. The molecule has 0 aliphatic heterocycles. The second kappa shape index (κ2) is 7.81. The Balaban J connectivity index is 1.91. The summed E-state index contributed by atoms with van der Waals surface area (Å²) in [6.07, 6.45) is 1.49. The smallest absolute Gasteiger partial charge is 0.251 e. The monoisotopic (exact) mass is 302 g/mol. The third kappa shape index (κ3) is 4.59. The Morgan fingerprint density at radius 2 is 1.76 bits per heavy atom. The van der Waals surface area contributed by atoms with Gasteiger partial charge in [0.15, 0.2) is 0 Å². The molecule has 2 rings (SSSR count). The van der Waals surface area contributed by atoms with Gasteiger partial charge >= 0.3 is 0 Å². The minimum absolute atomic E-state index is 0.0481. The van der Waals surface area contributed by atoms with Crippen LogP contribution < -0.4 is 11.1 Å². The quantitative estimate of drug-likeness (QED) is 0.862. The van der Waals surface area contributed by atoms with E-state index >= 15 is 0 Å². The highest BCUT2D eigenvalue weighted by Gasteiger charge is 2.09. The summed E-state index contributed by atoms with van der Waals surface area (Å²) in [5, 5.41) is 3.67. The Morgan fingerprint density at radius 1 is 1.05 bits per heavy atom. The molecule has 0 saturated heterocycles. The zero-order valence-corrected chi connectivity index (χ0v) is 12.6. The molecule has 0 unspecified atom stereocenters. The predicted octanol–water partition coefficient (Wildman–Crippen LogP) is 2.81. The van der Waals surface area contributed by atoms with Crippen molar-refractivity contribution in [3.63, 3.8) is 0 Å². The zero-order chi connectivity index (χ0) is 15.1. The van der Waals surface area contributed by atoms with Crippen molar-refractivity contribution in [2.75, 3.05) is 13.1 Å². The van der Waals surface area contributed by atoms with Crippen LogP contribution in [0.25, 0.3) is 0 Å². The Kier molecular flexibility index (Phi) is 5.78. The van der Waals surface area contributed by atoms with Crippen molar-refractivity contribution in [3.8, 4) is 0 Å². The number of hydrogen-bond donors (Lipinski definition) is 2.